The first-order valence-electron chi connectivity index (χ1n) is 7.38. The minimum Gasteiger partial charge on any atom is -0.298 e. The first-order valence-corrected chi connectivity index (χ1v) is 7.38. The number of pyridine rings is 1. The fourth-order valence-electron chi connectivity index (χ4n) is 2.32. The van der Waals surface area contributed by atoms with Crippen LogP contribution in [0.4, 0.5) is 11.4 Å². The summed E-state index contributed by atoms with van der Waals surface area (Å²) in [4.78, 5) is 4.60. The molecule has 22 heavy (non-hydrogen) atoms. The number of nitrogens with one attached hydrogen (secondary N) is 1. The van der Waals surface area contributed by atoms with E-state index in [0.717, 1.165) is 22.8 Å². The molecule has 3 aromatic rings. The highest BCUT2D eigenvalue weighted by molar-refractivity contribution is 5.55. The minimum absolute atomic E-state index is 0.695. The molecule has 3 nitrogen and oxygen atoms in total. The van der Waals surface area contributed by atoms with Gasteiger partial charge in [0, 0.05) is 5.69 Å². The predicted molar refractivity (Wildman–Crippen MR) is 91.7 cm³/mol. The average Bonchev–Trinajstić information content (AvgIpc) is 2.56. The summed E-state index contributed by atoms with van der Waals surface area (Å²) in [5.41, 5.74) is 7.68. The summed E-state index contributed by atoms with van der Waals surface area (Å²) in [6.45, 7) is 2.71. The molecule has 3 heteroatoms. The number of nitrogens with zero attached hydrogens (tertiary/aromatic N) is 2. The van der Waals surface area contributed by atoms with Crippen molar-refractivity contribution in [3.05, 3.63) is 90.3 Å². The second-order valence-corrected chi connectivity index (χ2v) is 5.17. The Morgan fingerprint density at radius 3 is 2.18 bits per heavy atom. The van der Waals surface area contributed by atoms with Crippen molar-refractivity contribution < 1.29 is 0 Å². The molecule has 2 aromatic carbocycles. The Labute approximate surface area is 131 Å². The maximum Gasteiger partial charge on any atom is 0.0816 e. The van der Waals surface area contributed by atoms with Gasteiger partial charge in [-0.2, -0.15) is 0 Å². The molecule has 0 unspecified atom stereocenters. The number of benzene rings is 2. The highest BCUT2D eigenvalue weighted by Gasteiger charge is 2.08. The number of hydrogen-bond donors (Lipinski definition) is 1. The zero-order valence-corrected chi connectivity index (χ0v) is 12.6. The van der Waals surface area contributed by atoms with Gasteiger partial charge in [0.2, 0.25) is 0 Å². The summed E-state index contributed by atoms with van der Waals surface area (Å²) in [7, 11) is 0. The van der Waals surface area contributed by atoms with Crippen LogP contribution in [0.3, 0.4) is 0 Å². The highest BCUT2D eigenvalue weighted by Crippen LogP contribution is 2.18. The van der Waals surface area contributed by atoms with Gasteiger partial charge in [0.25, 0.3) is 0 Å². The fraction of sp³-hybridized carbons (Fsp3) is 0.105. The molecule has 0 aliphatic carbocycles. The van der Waals surface area contributed by atoms with Gasteiger partial charge in [-0.3, -0.25) is 15.4 Å². The summed E-state index contributed by atoms with van der Waals surface area (Å²) < 4.78 is 0. The van der Waals surface area contributed by atoms with Crippen LogP contribution in [0, 0.1) is 6.92 Å². The van der Waals surface area contributed by atoms with Crippen molar-refractivity contribution in [2.75, 3.05) is 10.4 Å². The van der Waals surface area contributed by atoms with E-state index in [2.05, 4.69) is 45.8 Å². The van der Waals surface area contributed by atoms with Gasteiger partial charge in [-0.1, -0.05) is 42.5 Å². The average molecular weight is 289 g/mol. The van der Waals surface area contributed by atoms with E-state index in [1.165, 1.54) is 0 Å². The maximum absolute atomic E-state index is 4.60. The van der Waals surface area contributed by atoms with Crippen molar-refractivity contribution in [1.29, 1.82) is 0 Å². The maximum atomic E-state index is 4.60. The van der Waals surface area contributed by atoms with Crippen LogP contribution < -0.4 is 10.4 Å². The van der Waals surface area contributed by atoms with Crippen molar-refractivity contribution in [3.8, 4) is 0 Å². The van der Waals surface area contributed by atoms with Gasteiger partial charge in [0.05, 0.1) is 23.6 Å². The monoisotopic (exact) mass is 289 g/mol. The van der Waals surface area contributed by atoms with E-state index in [1.54, 1.807) is 0 Å². The molecule has 0 atom stereocenters. The number of aromatic nitrogens is 1. The molecule has 1 N–H and O–H groups in total. The van der Waals surface area contributed by atoms with Gasteiger partial charge in [-0.15, -0.1) is 0 Å². The van der Waals surface area contributed by atoms with Crippen LogP contribution in [0.25, 0.3) is 0 Å². The van der Waals surface area contributed by atoms with Crippen molar-refractivity contribution in [3.63, 3.8) is 0 Å². The van der Waals surface area contributed by atoms with Gasteiger partial charge < -0.3 is 0 Å². The van der Waals surface area contributed by atoms with Crippen molar-refractivity contribution in [2.24, 2.45) is 0 Å². The van der Waals surface area contributed by atoms with E-state index >= 15 is 0 Å². The lowest BCUT2D eigenvalue weighted by atomic mass is 10.2. The van der Waals surface area contributed by atoms with Crippen LogP contribution in [-0.2, 0) is 6.54 Å². The van der Waals surface area contributed by atoms with E-state index < -0.39 is 0 Å². The third-order valence-electron chi connectivity index (χ3n) is 3.37. The Hall–Kier alpha value is -2.81. The topological polar surface area (TPSA) is 28.2 Å². The Balaban J connectivity index is 1.86. The summed E-state index contributed by atoms with van der Waals surface area (Å²) in [6.07, 6.45) is 0. The molecule has 110 valence electrons. The van der Waals surface area contributed by atoms with E-state index in [9.17, 15) is 0 Å². The molecular weight excluding hydrogens is 270 g/mol. The van der Waals surface area contributed by atoms with Gasteiger partial charge in [0.1, 0.15) is 0 Å². The number of rotatable bonds is 5. The van der Waals surface area contributed by atoms with E-state index in [-0.39, 0.29) is 0 Å². The second-order valence-electron chi connectivity index (χ2n) is 5.17. The van der Waals surface area contributed by atoms with E-state index in [1.807, 2.05) is 55.5 Å². The zero-order valence-electron chi connectivity index (χ0n) is 12.6. The van der Waals surface area contributed by atoms with E-state index in [0.29, 0.717) is 6.54 Å². The third-order valence-corrected chi connectivity index (χ3v) is 3.37. The first-order chi connectivity index (χ1) is 10.8. The molecule has 0 amide bonds. The first kappa shape index (κ1) is 14.1. The second kappa shape index (κ2) is 6.76. The lowest BCUT2D eigenvalue weighted by molar-refractivity contribution is 0.864. The van der Waals surface area contributed by atoms with Crippen LogP contribution in [-0.4, -0.2) is 4.98 Å². The Morgan fingerprint density at radius 2 is 1.50 bits per heavy atom. The standard InChI is InChI=1S/C19H19N3/c1-16-9-8-12-18(20-16)15-22(19-13-6-3-7-14-19)21-17-10-4-2-5-11-17/h2-14,21H,15H2,1H3. The zero-order chi connectivity index (χ0) is 15.2. The van der Waals surface area contributed by atoms with Crippen LogP contribution in [0.15, 0.2) is 78.9 Å². The van der Waals surface area contributed by atoms with Crippen molar-refractivity contribution in [1.82, 2.24) is 4.98 Å². The van der Waals surface area contributed by atoms with Gasteiger partial charge in [-0.25, -0.2) is 0 Å². The van der Waals surface area contributed by atoms with Gasteiger partial charge in [-0.05, 0) is 43.3 Å². The van der Waals surface area contributed by atoms with Crippen molar-refractivity contribution >= 4 is 11.4 Å². The third kappa shape index (κ3) is 3.64. The number of hydrogen-bond acceptors (Lipinski definition) is 3. The van der Waals surface area contributed by atoms with Gasteiger partial charge >= 0.3 is 0 Å². The summed E-state index contributed by atoms with van der Waals surface area (Å²) in [5, 5.41) is 2.11. The summed E-state index contributed by atoms with van der Waals surface area (Å²) >= 11 is 0. The van der Waals surface area contributed by atoms with E-state index in [4.69, 9.17) is 0 Å². The molecule has 0 spiro atoms. The number of hydrazine groups is 1. The van der Waals surface area contributed by atoms with Crippen LogP contribution >= 0.6 is 0 Å². The molecule has 0 aliphatic rings. The normalized spacial score (nSPS) is 10.2. The highest BCUT2D eigenvalue weighted by atomic mass is 15.5. The summed E-state index contributed by atoms with van der Waals surface area (Å²) in [5.74, 6) is 0. The Morgan fingerprint density at radius 1 is 0.818 bits per heavy atom. The minimum atomic E-state index is 0.695. The SMILES string of the molecule is Cc1cccc(CN(Nc2ccccc2)c2ccccc2)n1. The number of anilines is 2. The van der Waals surface area contributed by atoms with Crippen LogP contribution in [0.2, 0.25) is 0 Å². The smallest absolute Gasteiger partial charge is 0.0816 e. The quantitative estimate of drug-likeness (QED) is 0.705. The predicted octanol–water partition coefficient (Wildman–Crippen LogP) is 4.42. The van der Waals surface area contributed by atoms with Gasteiger partial charge in [0.15, 0.2) is 0 Å². The van der Waals surface area contributed by atoms with Crippen LogP contribution in [0.1, 0.15) is 11.4 Å². The molecular formula is C19H19N3. The molecule has 0 bridgehead atoms. The molecule has 0 saturated heterocycles. The Kier molecular flexibility index (Phi) is 4.35. The van der Waals surface area contributed by atoms with Crippen molar-refractivity contribution in [2.45, 2.75) is 13.5 Å². The molecule has 0 radical (unpaired) electrons. The fourth-order valence-corrected chi connectivity index (χ4v) is 2.32. The molecule has 1 heterocycles. The largest absolute Gasteiger partial charge is 0.298 e. The molecule has 0 fully saturated rings. The Bertz CT molecular complexity index is 711. The molecule has 3 rings (SSSR count). The molecule has 0 saturated carbocycles. The number of para-hydroxylation sites is 2. The molecule has 0 aliphatic heterocycles. The van der Waals surface area contributed by atoms with Crippen LogP contribution in [0.5, 0.6) is 0 Å². The lowest BCUT2D eigenvalue weighted by Gasteiger charge is -2.26. The molecule has 1 aromatic heterocycles. The number of aryl methyl sites for hydroxylation is 1. The lowest BCUT2D eigenvalue weighted by Crippen LogP contribution is -2.29. The summed E-state index contributed by atoms with van der Waals surface area (Å²) in [6, 6.07) is 26.6.